The number of nitriles is 1. The highest BCUT2D eigenvalue weighted by Gasteiger charge is 2.16. The fourth-order valence-corrected chi connectivity index (χ4v) is 1.24. The first-order valence-corrected chi connectivity index (χ1v) is 3.44. The van der Waals surface area contributed by atoms with Gasteiger partial charge in [-0.1, -0.05) is 0 Å². The van der Waals surface area contributed by atoms with Gasteiger partial charge in [0.25, 0.3) is 0 Å². The minimum Gasteiger partial charge on any atom is -0.291 e. The molecule has 1 heterocycles. The predicted octanol–water partition coefficient (Wildman–Crippen LogP) is 0.994. The van der Waals surface area contributed by atoms with E-state index in [0.717, 1.165) is 13.0 Å². The Labute approximate surface area is 56.1 Å². The van der Waals surface area contributed by atoms with Gasteiger partial charge in [0.05, 0.1) is 12.1 Å². The van der Waals surface area contributed by atoms with Gasteiger partial charge in [-0.15, -0.1) is 0 Å². The summed E-state index contributed by atoms with van der Waals surface area (Å²) in [6.45, 7) is 1.10. The molecule has 9 heavy (non-hydrogen) atoms. The van der Waals surface area contributed by atoms with Gasteiger partial charge in [-0.2, -0.15) is 5.26 Å². The molecule has 1 rings (SSSR count). The largest absolute Gasteiger partial charge is 0.291 e. The molecule has 0 aliphatic carbocycles. The molecule has 1 saturated heterocycles. The monoisotopic (exact) mass is 124 g/mol. The van der Waals surface area contributed by atoms with Gasteiger partial charge in [0.2, 0.25) is 0 Å². The standard InChI is InChI=1S/C7H12N2/c1-9-5-3-2-4-7(9)6-8/h7H,2-5H2,1H3/t7-/m0/s1. The summed E-state index contributed by atoms with van der Waals surface area (Å²) in [4.78, 5) is 2.13. The van der Waals surface area contributed by atoms with Crippen molar-refractivity contribution in [2.45, 2.75) is 25.3 Å². The van der Waals surface area contributed by atoms with Crippen molar-refractivity contribution in [1.82, 2.24) is 4.90 Å². The van der Waals surface area contributed by atoms with E-state index in [9.17, 15) is 0 Å². The molecule has 0 aromatic rings. The average Bonchev–Trinajstić information content (AvgIpc) is 1.89. The highest BCUT2D eigenvalue weighted by atomic mass is 15.1. The minimum absolute atomic E-state index is 0.193. The van der Waals surface area contributed by atoms with E-state index in [0.29, 0.717) is 0 Å². The lowest BCUT2D eigenvalue weighted by atomic mass is 10.0. The first kappa shape index (κ1) is 6.57. The third-order valence-corrected chi connectivity index (χ3v) is 1.92. The van der Waals surface area contributed by atoms with E-state index in [4.69, 9.17) is 5.26 Å². The van der Waals surface area contributed by atoms with Gasteiger partial charge < -0.3 is 0 Å². The van der Waals surface area contributed by atoms with Crippen molar-refractivity contribution in [1.29, 1.82) is 5.26 Å². The van der Waals surface area contributed by atoms with Crippen LogP contribution in [0.3, 0.4) is 0 Å². The van der Waals surface area contributed by atoms with Gasteiger partial charge >= 0.3 is 0 Å². The van der Waals surface area contributed by atoms with Crippen molar-refractivity contribution in [2.24, 2.45) is 0 Å². The fourth-order valence-electron chi connectivity index (χ4n) is 1.24. The Balaban J connectivity index is 2.41. The van der Waals surface area contributed by atoms with E-state index in [1.807, 2.05) is 7.05 Å². The molecule has 50 valence electrons. The second-order valence-corrected chi connectivity index (χ2v) is 2.62. The highest BCUT2D eigenvalue weighted by molar-refractivity contribution is 4.92. The van der Waals surface area contributed by atoms with Crippen LogP contribution < -0.4 is 0 Å². The lowest BCUT2D eigenvalue weighted by Crippen LogP contribution is -2.34. The second kappa shape index (κ2) is 2.84. The van der Waals surface area contributed by atoms with Crippen molar-refractivity contribution in [3.8, 4) is 6.07 Å². The molecule has 0 aromatic heterocycles. The van der Waals surface area contributed by atoms with E-state index < -0.39 is 0 Å². The lowest BCUT2D eigenvalue weighted by Gasteiger charge is -2.26. The summed E-state index contributed by atoms with van der Waals surface area (Å²) in [5.41, 5.74) is 0. The minimum atomic E-state index is 0.193. The van der Waals surface area contributed by atoms with Gasteiger partial charge in [0, 0.05) is 0 Å². The fraction of sp³-hybridized carbons (Fsp3) is 0.857. The zero-order chi connectivity index (χ0) is 6.69. The van der Waals surface area contributed by atoms with Crippen molar-refractivity contribution >= 4 is 0 Å². The van der Waals surface area contributed by atoms with Crippen molar-refractivity contribution in [2.75, 3.05) is 13.6 Å². The van der Waals surface area contributed by atoms with Crippen molar-refractivity contribution in [3.05, 3.63) is 0 Å². The van der Waals surface area contributed by atoms with Crippen LogP contribution in [0.25, 0.3) is 0 Å². The summed E-state index contributed by atoms with van der Waals surface area (Å²) < 4.78 is 0. The topological polar surface area (TPSA) is 27.0 Å². The van der Waals surface area contributed by atoms with Crippen LogP contribution in [0.4, 0.5) is 0 Å². The number of likely N-dealkylation sites (tertiary alicyclic amines) is 1. The average molecular weight is 124 g/mol. The quantitative estimate of drug-likeness (QED) is 0.481. The molecule has 0 N–H and O–H groups in total. The number of piperidine rings is 1. The number of hydrogen-bond donors (Lipinski definition) is 0. The Kier molecular flexibility index (Phi) is 2.07. The van der Waals surface area contributed by atoms with Gasteiger partial charge in [0.15, 0.2) is 0 Å². The summed E-state index contributed by atoms with van der Waals surface area (Å²) in [6.07, 6.45) is 3.55. The van der Waals surface area contributed by atoms with Crippen LogP contribution in [-0.2, 0) is 0 Å². The van der Waals surface area contributed by atoms with Crippen LogP contribution in [-0.4, -0.2) is 24.5 Å². The molecule has 0 amide bonds. The molecule has 2 heteroatoms. The SMILES string of the molecule is CN1CCCC[C@H]1C#N. The van der Waals surface area contributed by atoms with Crippen LogP contribution in [0.2, 0.25) is 0 Å². The van der Waals surface area contributed by atoms with E-state index in [1.54, 1.807) is 0 Å². The Morgan fingerprint density at radius 2 is 2.33 bits per heavy atom. The molecule has 0 unspecified atom stereocenters. The molecule has 1 fully saturated rings. The summed E-state index contributed by atoms with van der Waals surface area (Å²) in [5, 5.41) is 8.57. The molecule has 1 atom stereocenters. The van der Waals surface area contributed by atoms with Crippen molar-refractivity contribution in [3.63, 3.8) is 0 Å². The molecule has 1 aliphatic rings. The van der Waals surface area contributed by atoms with Gasteiger partial charge in [-0.05, 0) is 32.9 Å². The normalized spacial score (nSPS) is 29.6. The first-order chi connectivity index (χ1) is 4.34. The molecule has 0 radical (unpaired) electrons. The lowest BCUT2D eigenvalue weighted by molar-refractivity contribution is 0.227. The van der Waals surface area contributed by atoms with Crippen LogP contribution >= 0.6 is 0 Å². The molecule has 0 saturated carbocycles. The third kappa shape index (κ3) is 1.43. The second-order valence-electron chi connectivity index (χ2n) is 2.62. The van der Waals surface area contributed by atoms with E-state index in [2.05, 4.69) is 11.0 Å². The maximum Gasteiger partial charge on any atom is 0.0975 e. The Hall–Kier alpha value is -0.550. The summed E-state index contributed by atoms with van der Waals surface area (Å²) >= 11 is 0. The maximum atomic E-state index is 8.57. The smallest absolute Gasteiger partial charge is 0.0975 e. The highest BCUT2D eigenvalue weighted by Crippen LogP contribution is 2.13. The van der Waals surface area contributed by atoms with Crippen LogP contribution in [0.5, 0.6) is 0 Å². The van der Waals surface area contributed by atoms with Crippen LogP contribution in [0, 0.1) is 11.3 Å². The van der Waals surface area contributed by atoms with Crippen LogP contribution in [0.1, 0.15) is 19.3 Å². The Morgan fingerprint density at radius 3 is 2.78 bits per heavy atom. The predicted molar refractivity (Wildman–Crippen MR) is 35.9 cm³/mol. The summed E-state index contributed by atoms with van der Waals surface area (Å²) in [5.74, 6) is 0. The van der Waals surface area contributed by atoms with Crippen LogP contribution in [0.15, 0.2) is 0 Å². The summed E-state index contributed by atoms with van der Waals surface area (Å²) in [7, 11) is 2.02. The number of rotatable bonds is 0. The molecule has 2 nitrogen and oxygen atoms in total. The molecular formula is C7H12N2. The molecule has 1 aliphatic heterocycles. The third-order valence-electron chi connectivity index (χ3n) is 1.92. The van der Waals surface area contributed by atoms with E-state index in [1.165, 1.54) is 12.8 Å². The molecule has 0 bridgehead atoms. The Morgan fingerprint density at radius 1 is 1.56 bits per heavy atom. The molecular weight excluding hydrogens is 112 g/mol. The molecule has 0 spiro atoms. The van der Waals surface area contributed by atoms with E-state index in [-0.39, 0.29) is 6.04 Å². The maximum absolute atomic E-state index is 8.57. The summed E-state index contributed by atoms with van der Waals surface area (Å²) in [6, 6.07) is 2.47. The van der Waals surface area contributed by atoms with Crippen molar-refractivity contribution < 1.29 is 0 Å². The van der Waals surface area contributed by atoms with Gasteiger partial charge in [-0.3, -0.25) is 4.90 Å². The first-order valence-electron chi connectivity index (χ1n) is 3.44. The number of nitrogens with zero attached hydrogens (tertiary/aromatic N) is 2. The zero-order valence-corrected chi connectivity index (χ0v) is 5.80. The number of hydrogen-bond acceptors (Lipinski definition) is 2. The Bertz CT molecular complexity index is 125. The van der Waals surface area contributed by atoms with E-state index >= 15 is 0 Å². The van der Waals surface area contributed by atoms with Gasteiger partial charge in [-0.25, -0.2) is 0 Å². The van der Waals surface area contributed by atoms with Gasteiger partial charge in [0.1, 0.15) is 0 Å². The zero-order valence-electron chi connectivity index (χ0n) is 5.80. The molecule has 0 aromatic carbocycles.